The van der Waals surface area contributed by atoms with Crippen molar-refractivity contribution in [2.24, 2.45) is 0 Å². The van der Waals surface area contributed by atoms with E-state index in [1.165, 1.54) is 0 Å². The van der Waals surface area contributed by atoms with Crippen LogP contribution in [-0.2, 0) is 9.59 Å². The molecule has 1 atom stereocenters. The summed E-state index contributed by atoms with van der Waals surface area (Å²) in [5.74, 6) is -1.55. The molecule has 15 heavy (non-hydrogen) atoms. The average molecular weight is 218 g/mol. The molecule has 0 saturated heterocycles. The van der Waals surface area contributed by atoms with Crippen LogP contribution >= 0.6 is 0 Å². The van der Waals surface area contributed by atoms with Crippen LogP contribution in [0.15, 0.2) is 0 Å². The number of amides is 2. The lowest BCUT2D eigenvalue weighted by atomic mass is 10.2. The molecule has 0 aromatic carbocycles. The normalized spacial score (nSPS) is 11.5. The maximum absolute atomic E-state index is 10.9. The van der Waals surface area contributed by atoms with Crippen LogP contribution in [0, 0.1) is 0 Å². The van der Waals surface area contributed by atoms with E-state index in [0.29, 0.717) is 0 Å². The van der Waals surface area contributed by atoms with Gasteiger partial charge in [-0.15, -0.1) is 0 Å². The van der Waals surface area contributed by atoms with Crippen molar-refractivity contribution in [2.45, 2.75) is 25.8 Å². The van der Waals surface area contributed by atoms with Crippen molar-refractivity contribution in [1.82, 2.24) is 10.6 Å². The van der Waals surface area contributed by atoms with E-state index in [9.17, 15) is 14.4 Å². The third-order valence-electron chi connectivity index (χ3n) is 1.66. The summed E-state index contributed by atoms with van der Waals surface area (Å²) in [6, 6.07) is -1.05. The van der Waals surface area contributed by atoms with Crippen molar-refractivity contribution >= 4 is 18.0 Å². The van der Waals surface area contributed by atoms with Gasteiger partial charge in [-0.25, -0.2) is 9.59 Å². The van der Waals surface area contributed by atoms with Crippen LogP contribution in [0.2, 0.25) is 0 Å². The Labute approximate surface area is 86.5 Å². The molecule has 0 saturated carbocycles. The second-order valence-corrected chi connectivity index (χ2v) is 2.83. The topological polar surface area (TPSA) is 116 Å². The van der Waals surface area contributed by atoms with Gasteiger partial charge in [0.05, 0.1) is 0 Å². The molecule has 0 radical (unpaired) electrons. The van der Waals surface area contributed by atoms with Gasteiger partial charge in [0.1, 0.15) is 6.04 Å². The maximum Gasteiger partial charge on any atom is 0.404 e. The Bertz CT molecular complexity index is 253. The number of nitrogens with one attached hydrogen (secondary N) is 2. The smallest absolute Gasteiger partial charge is 0.404 e. The molecule has 7 nitrogen and oxygen atoms in total. The van der Waals surface area contributed by atoms with Crippen LogP contribution in [0.5, 0.6) is 0 Å². The van der Waals surface area contributed by atoms with Gasteiger partial charge in [0.2, 0.25) is 5.91 Å². The second-order valence-electron chi connectivity index (χ2n) is 2.83. The van der Waals surface area contributed by atoms with Gasteiger partial charge >= 0.3 is 12.1 Å². The molecule has 0 aliphatic heterocycles. The minimum atomic E-state index is -1.22. The van der Waals surface area contributed by atoms with Gasteiger partial charge in [0.25, 0.3) is 0 Å². The average Bonchev–Trinajstić information content (AvgIpc) is 2.15. The van der Waals surface area contributed by atoms with Gasteiger partial charge in [0.15, 0.2) is 0 Å². The van der Waals surface area contributed by atoms with Crippen molar-refractivity contribution < 1.29 is 24.6 Å². The van der Waals surface area contributed by atoms with E-state index in [1.807, 2.05) is 5.32 Å². The fraction of sp³-hybridized carbons (Fsp3) is 0.625. The summed E-state index contributed by atoms with van der Waals surface area (Å²) in [5.41, 5.74) is 0. The van der Waals surface area contributed by atoms with Crippen LogP contribution in [0.1, 0.15) is 19.8 Å². The molecule has 0 aromatic heterocycles. The molecule has 0 aliphatic rings. The van der Waals surface area contributed by atoms with Crippen LogP contribution < -0.4 is 10.6 Å². The lowest BCUT2D eigenvalue weighted by Gasteiger charge is -2.13. The summed E-state index contributed by atoms with van der Waals surface area (Å²) >= 11 is 0. The number of rotatable bonds is 6. The monoisotopic (exact) mass is 218 g/mol. The Hall–Kier alpha value is -1.79. The van der Waals surface area contributed by atoms with Crippen molar-refractivity contribution in [3.05, 3.63) is 0 Å². The zero-order valence-electron chi connectivity index (χ0n) is 8.32. The second kappa shape index (κ2) is 6.63. The molecule has 1 unspecified atom stereocenters. The first-order valence-corrected chi connectivity index (χ1v) is 4.46. The van der Waals surface area contributed by atoms with Crippen LogP contribution in [0.25, 0.3) is 0 Å². The third-order valence-corrected chi connectivity index (χ3v) is 1.66. The third kappa shape index (κ3) is 6.30. The zero-order valence-corrected chi connectivity index (χ0v) is 8.32. The molecule has 0 aromatic rings. The van der Waals surface area contributed by atoms with E-state index >= 15 is 0 Å². The molecule has 0 rings (SSSR count). The highest BCUT2D eigenvalue weighted by molar-refractivity contribution is 5.83. The number of hydrogen-bond acceptors (Lipinski definition) is 3. The first-order chi connectivity index (χ1) is 6.97. The maximum atomic E-state index is 10.9. The number of carboxylic acid groups (broad SMARTS) is 2. The molecule has 0 bridgehead atoms. The zero-order chi connectivity index (χ0) is 11.8. The van der Waals surface area contributed by atoms with E-state index in [4.69, 9.17) is 10.2 Å². The summed E-state index contributed by atoms with van der Waals surface area (Å²) in [7, 11) is 0. The molecule has 0 fully saturated rings. The summed E-state index contributed by atoms with van der Waals surface area (Å²) in [4.78, 5) is 31.6. The first kappa shape index (κ1) is 13.2. The Morgan fingerprint density at radius 1 is 1.27 bits per heavy atom. The minimum absolute atomic E-state index is 0.0176. The van der Waals surface area contributed by atoms with E-state index in [0.717, 1.165) is 0 Å². The Balaban J connectivity index is 4.00. The molecule has 0 spiro atoms. The Morgan fingerprint density at radius 2 is 1.87 bits per heavy atom. The standard InChI is InChI=1S/C8H14N2O5/c1-2-6(11)10-5(7(12)13)3-4-9-8(14)15/h5,9H,2-4H2,1H3,(H,10,11)(H,12,13)(H,14,15). The number of carbonyl (C=O) groups is 3. The van der Waals surface area contributed by atoms with E-state index in [-0.39, 0.29) is 25.3 Å². The molecular formula is C8H14N2O5. The van der Waals surface area contributed by atoms with Gasteiger partial charge in [0, 0.05) is 13.0 Å². The van der Waals surface area contributed by atoms with Crippen molar-refractivity contribution in [3.8, 4) is 0 Å². The molecule has 86 valence electrons. The molecule has 4 N–H and O–H groups in total. The Kier molecular flexibility index (Phi) is 5.84. The summed E-state index contributed by atoms with van der Waals surface area (Å²) in [5, 5.41) is 21.2. The minimum Gasteiger partial charge on any atom is -0.480 e. The van der Waals surface area contributed by atoms with Crippen molar-refractivity contribution in [1.29, 1.82) is 0 Å². The van der Waals surface area contributed by atoms with Crippen LogP contribution in [0.3, 0.4) is 0 Å². The molecule has 2 amide bonds. The number of carbonyl (C=O) groups excluding carboxylic acids is 1. The molecule has 7 heteroatoms. The SMILES string of the molecule is CCC(=O)NC(CCNC(=O)O)C(=O)O. The largest absolute Gasteiger partial charge is 0.480 e. The van der Waals surface area contributed by atoms with Gasteiger partial charge in [-0.2, -0.15) is 0 Å². The predicted molar refractivity (Wildman–Crippen MR) is 50.5 cm³/mol. The van der Waals surface area contributed by atoms with Gasteiger partial charge < -0.3 is 20.8 Å². The van der Waals surface area contributed by atoms with E-state index in [2.05, 4.69) is 5.32 Å². The van der Waals surface area contributed by atoms with Crippen molar-refractivity contribution in [3.63, 3.8) is 0 Å². The highest BCUT2D eigenvalue weighted by atomic mass is 16.4. The van der Waals surface area contributed by atoms with Gasteiger partial charge in [-0.05, 0) is 6.42 Å². The fourth-order valence-corrected chi connectivity index (χ4v) is 0.877. The highest BCUT2D eigenvalue weighted by Crippen LogP contribution is 1.92. The van der Waals surface area contributed by atoms with Crippen LogP contribution in [-0.4, -0.2) is 40.8 Å². The van der Waals surface area contributed by atoms with E-state index < -0.39 is 18.1 Å². The lowest BCUT2D eigenvalue weighted by molar-refractivity contribution is -0.141. The van der Waals surface area contributed by atoms with Gasteiger partial charge in [-0.3, -0.25) is 4.79 Å². The number of aliphatic carboxylic acids is 1. The molecule has 0 aliphatic carbocycles. The van der Waals surface area contributed by atoms with Crippen molar-refractivity contribution in [2.75, 3.05) is 6.54 Å². The lowest BCUT2D eigenvalue weighted by Crippen LogP contribution is -2.42. The predicted octanol–water partition coefficient (Wildman–Crippen LogP) is -0.376. The molecule has 0 heterocycles. The number of hydrogen-bond donors (Lipinski definition) is 4. The Morgan fingerprint density at radius 3 is 2.27 bits per heavy atom. The van der Waals surface area contributed by atoms with Gasteiger partial charge in [-0.1, -0.05) is 6.92 Å². The van der Waals surface area contributed by atoms with Crippen LogP contribution in [0.4, 0.5) is 4.79 Å². The summed E-state index contributed by atoms with van der Waals surface area (Å²) in [6.07, 6.45) is -1.01. The quantitative estimate of drug-likeness (QED) is 0.485. The van der Waals surface area contributed by atoms with E-state index in [1.54, 1.807) is 6.92 Å². The fourth-order valence-electron chi connectivity index (χ4n) is 0.877. The summed E-state index contributed by atoms with van der Waals surface area (Å²) < 4.78 is 0. The first-order valence-electron chi connectivity index (χ1n) is 4.46. The number of carboxylic acids is 1. The summed E-state index contributed by atoms with van der Waals surface area (Å²) in [6.45, 7) is 1.58. The molecular weight excluding hydrogens is 204 g/mol. The highest BCUT2D eigenvalue weighted by Gasteiger charge is 2.18.